The van der Waals surface area contributed by atoms with Gasteiger partial charge in [0.2, 0.25) is 5.91 Å². The highest BCUT2D eigenvalue weighted by Gasteiger charge is 2.19. The van der Waals surface area contributed by atoms with E-state index >= 15 is 0 Å². The number of carbonyl (C=O) groups is 1. The largest absolute Gasteiger partial charge is 0.368 e. The summed E-state index contributed by atoms with van der Waals surface area (Å²) in [4.78, 5) is 11.2. The number of hydrogen-bond donors (Lipinski definition) is 3. The summed E-state index contributed by atoms with van der Waals surface area (Å²) >= 11 is 5.02. The smallest absolute Gasteiger partial charge is 0.241 e. The van der Waals surface area contributed by atoms with E-state index in [4.69, 9.17) is 23.2 Å². The first kappa shape index (κ1) is 15.5. The second-order valence-corrected chi connectivity index (χ2v) is 4.96. The molecule has 0 saturated heterocycles. The first-order valence-corrected chi connectivity index (χ1v) is 6.93. The minimum atomic E-state index is -1.13. The molecule has 22 heavy (non-hydrogen) atoms. The van der Waals surface area contributed by atoms with E-state index in [1.54, 1.807) is 18.2 Å². The highest BCUT2D eigenvalue weighted by molar-refractivity contribution is 7.80. The molecule has 0 fully saturated rings. The topological polar surface area (TPSA) is 90.9 Å². The fourth-order valence-corrected chi connectivity index (χ4v) is 2.08. The number of carbonyl (C=O) groups excluding carboxylic acids is 1. The zero-order valence-corrected chi connectivity index (χ0v) is 12.4. The molecule has 0 saturated carbocycles. The summed E-state index contributed by atoms with van der Waals surface area (Å²) in [5.74, 6) is -1.89. The molecule has 2 aromatic rings. The maximum absolute atomic E-state index is 11.1. The van der Waals surface area contributed by atoms with Crippen LogP contribution in [0.15, 0.2) is 54.6 Å². The molecule has 110 valence electrons. The molecule has 0 bridgehead atoms. The van der Waals surface area contributed by atoms with E-state index in [0.717, 1.165) is 11.4 Å². The van der Waals surface area contributed by atoms with Crippen LogP contribution in [0, 0.1) is 17.2 Å². The standard InChI is InChI=1S/C16H14N4OS/c17-10-14(15(18)21)16(22)20-13-8-6-12(7-9-13)19-11-4-2-1-3-5-11/h1-9,14,19H,(H2,18,21)(H,20,22). The van der Waals surface area contributed by atoms with Gasteiger partial charge in [-0.1, -0.05) is 30.4 Å². The molecule has 0 aromatic heterocycles. The molecule has 0 heterocycles. The monoisotopic (exact) mass is 310 g/mol. The van der Waals surface area contributed by atoms with Crippen molar-refractivity contribution in [1.29, 1.82) is 5.26 Å². The lowest BCUT2D eigenvalue weighted by Crippen LogP contribution is -2.32. The zero-order valence-electron chi connectivity index (χ0n) is 11.6. The molecule has 1 atom stereocenters. The van der Waals surface area contributed by atoms with E-state index in [0.29, 0.717) is 5.69 Å². The van der Waals surface area contributed by atoms with Crippen molar-refractivity contribution in [3.63, 3.8) is 0 Å². The first-order valence-electron chi connectivity index (χ1n) is 6.52. The van der Waals surface area contributed by atoms with E-state index in [9.17, 15) is 4.79 Å². The number of nitrogens with two attached hydrogens (primary N) is 1. The Morgan fingerprint density at radius 3 is 2.14 bits per heavy atom. The third kappa shape index (κ3) is 4.04. The summed E-state index contributed by atoms with van der Waals surface area (Å²) < 4.78 is 0. The number of hydrogen-bond acceptors (Lipinski definition) is 4. The molecule has 0 aliphatic heterocycles. The lowest BCUT2D eigenvalue weighted by molar-refractivity contribution is -0.118. The minimum Gasteiger partial charge on any atom is -0.368 e. The Labute approximate surface area is 133 Å². The number of thiocarbonyl (C=S) groups is 1. The average molecular weight is 310 g/mol. The molecule has 0 aliphatic rings. The normalized spacial score (nSPS) is 11.0. The van der Waals surface area contributed by atoms with E-state index in [1.807, 2.05) is 42.5 Å². The minimum absolute atomic E-state index is 0.0961. The van der Waals surface area contributed by atoms with Crippen LogP contribution in [0.25, 0.3) is 0 Å². The second kappa shape index (κ2) is 7.20. The summed E-state index contributed by atoms with van der Waals surface area (Å²) in [6, 6.07) is 18.9. The van der Waals surface area contributed by atoms with Crippen molar-refractivity contribution in [1.82, 2.24) is 0 Å². The molecule has 0 spiro atoms. The van der Waals surface area contributed by atoms with Crippen molar-refractivity contribution in [3.05, 3.63) is 54.6 Å². The maximum atomic E-state index is 11.1. The Hall–Kier alpha value is -2.91. The summed E-state index contributed by atoms with van der Waals surface area (Å²) in [7, 11) is 0. The molecule has 2 rings (SSSR count). The number of benzene rings is 2. The molecule has 1 unspecified atom stereocenters. The number of primary amides is 1. The van der Waals surface area contributed by atoms with Crippen molar-refractivity contribution in [2.24, 2.45) is 11.7 Å². The fraction of sp³-hybridized carbons (Fsp3) is 0.0625. The Balaban J connectivity index is 2.02. The van der Waals surface area contributed by atoms with Gasteiger partial charge in [-0.2, -0.15) is 5.26 Å². The highest BCUT2D eigenvalue weighted by atomic mass is 32.1. The van der Waals surface area contributed by atoms with Crippen molar-refractivity contribution in [2.45, 2.75) is 0 Å². The van der Waals surface area contributed by atoms with Gasteiger partial charge in [0, 0.05) is 17.1 Å². The molecular weight excluding hydrogens is 296 g/mol. The van der Waals surface area contributed by atoms with Gasteiger partial charge in [-0.3, -0.25) is 4.79 Å². The molecule has 2 aromatic carbocycles. The van der Waals surface area contributed by atoms with Crippen LogP contribution in [-0.2, 0) is 4.79 Å². The predicted molar refractivity (Wildman–Crippen MR) is 90.7 cm³/mol. The van der Waals surface area contributed by atoms with Gasteiger partial charge in [-0.15, -0.1) is 0 Å². The average Bonchev–Trinajstić information content (AvgIpc) is 2.50. The molecule has 5 nitrogen and oxygen atoms in total. The van der Waals surface area contributed by atoms with Crippen LogP contribution in [0.3, 0.4) is 0 Å². The molecule has 0 aliphatic carbocycles. The van der Waals surface area contributed by atoms with Crippen molar-refractivity contribution in [3.8, 4) is 6.07 Å². The molecule has 6 heteroatoms. The van der Waals surface area contributed by atoms with E-state index < -0.39 is 11.8 Å². The number of para-hydroxylation sites is 1. The van der Waals surface area contributed by atoms with Gasteiger partial charge in [-0.05, 0) is 36.4 Å². The van der Waals surface area contributed by atoms with Crippen LogP contribution < -0.4 is 16.4 Å². The number of nitrogens with one attached hydrogen (secondary N) is 2. The SMILES string of the molecule is N#CC(C(N)=O)C(=S)Nc1ccc(Nc2ccccc2)cc1. The molecule has 4 N–H and O–H groups in total. The lowest BCUT2D eigenvalue weighted by atomic mass is 10.1. The van der Waals surface area contributed by atoms with Crippen LogP contribution in [0.2, 0.25) is 0 Å². The number of anilines is 3. The van der Waals surface area contributed by atoms with Gasteiger partial charge < -0.3 is 16.4 Å². The Bertz CT molecular complexity index is 707. The van der Waals surface area contributed by atoms with Crippen LogP contribution in [0.1, 0.15) is 0 Å². The van der Waals surface area contributed by atoms with Crippen LogP contribution in [0.4, 0.5) is 17.1 Å². The Morgan fingerprint density at radius 2 is 1.59 bits per heavy atom. The van der Waals surface area contributed by atoms with Crippen molar-refractivity contribution >= 4 is 40.2 Å². The van der Waals surface area contributed by atoms with Gasteiger partial charge in [-0.25, -0.2) is 0 Å². The van der Waals surface area contributed by atoms with E-state index in [-0.39, 0.29) is 4.99 Å². The Morgan fingerprint density at radius 1 is 1.05 bits per heavy atom. The van der Waals surface area contributed by atoms with Gasteiger partial charge in [0.05, 0.1) is 6.07 Å². The van der Waals surface area contributed by atoms with Crippen molar-refractivity contribution < 1.29 is 4.79 Å². The third-order valence-electron chi connectivity index (χ3n) is 2.89. The van der Waals surface area contributed by atoms with E-state index in [2.05, 4.69) is 10.6 Å². The van der Waals surface area contributed by atoms with Gasteiger partial charge >= 0.3 is 0 Å². The molecule has 0 radical (unpaired) electrons. The fourth-order valence-electron chi connectivity index (χ4n) is 1.79. The zero-order chi connectivity index (χ0) is 15.9. The molecular formula is C16H14N4OS. The second-order valence-electron chi connectivity index (χ2n) is 4.52. The van der Waals surface area contributed by atoms with Gasteiger partial charge in [0.1, 0.15) is 4.99 Å². The van der Waals surface area contributed by atoms with Crippen LogP contribution in [0.5, 0.6) is 0 Å². The lowest BCUT2D eigenvalue weighted by Gasteiger charge is -2.11. The summed E-state index contributed by atoms with van der Waals surface area (Å²) in [6.45, 7) is 0. The van der Waals surface area contributed by atoms with Crippen molar-refractivity contribution in [2.75, 3.05) is 10.6 Å². The predicted octanol–water partition coefficient (Wildman–Crippen LogP) is 2.79. The van der Waals surface area contributed by atoms with Gasteiger partial charge in [0.25, 0.3) is 0 Å². The highest BCUT2D eigenvalue weighted by Crippen LogP contribution is 2.19. The number of nitriles is 1. The van der Waals surface area contributed by atoms with Crippen LogP contribution >= 0.6 is 12.2 Å². The summed E-state index contributed by atoms with van der Waals surface area (Å²) in [5.41, 5.74) is 7.69. The third-order valence-corrected chi connectivity index (χ3v) is 3.23. The Kier molecular flexibility index (Phi) is 5.07. The quantitative estimate of drug-likeness (QED) is 0.739. The summed E-state index contributed by atoms with van der Waals surface area (Å²) in [5, 5.41) is 15.0. The number of amides is 1. The van der Waals surface area contributed by atoms with Gasteiger partial charge in [0.15, 0.2) is 5.92 Å². The molecule has 1 amide bonds. The first-order chi connectivity index (χ1) is 10.6. The number of nitrogens with zero attached hydrogens (tertiary/aromatic N) is 1. The maximum Gasteiger partial charge on any atom is 0.241 e. The van der Waals surface area contributed by atoms with Crippen LogP contribution in [-0.4, -0.2) is 10.9 Å². The summed E-state index contributed by atoms with van der Waals surface area (Å²) in [6.07, 6.45) is 0. The number of rotatable bonds is 5. The van der Waals surface area contributed by atoms with E-state index in [1.165, 1.54) is 0 Å².